The van der Waals surface area contributed by atoms with Gasteiger partial charge >= 0.3 is 0 Å². The molecule has 0 bridgehead atoms. The molecule has 0 radical (unpaired) electrons. The second-order valence-electron chi connectivity index (χ2n) is 4.33. The van der Waals surface area contributed by atoms with Gasteiger partial charge < -0.3 is 10.6 Å². The molecule has 2 heterocycles. The molecule has 2 aliphatic rings. The smallest absolute Gasteiger partial charge is 0.00238 e. The van der Waals surface area contributed by atoms with Gasteiger partial charge in [-0.3, -0.25) is 0 Å². The summed E-state index contributed by atoms with van der Waals surface area (Å²) < 4.78 is 0. The van der Waals surface area contributed by atoms with E-state index in [9.17, 15) is 0 Å². The molecule has 2 fully saturated rings. The van der Waals surface area contributed by atoms with Crippen molar-refractivity contribution in [2.45, 2.75) is 27.7 Å². The third kappa shape index (κ3) is 1.27. The maximum Gasteiger partial charge on any atom is 0.00238 e. The van der Waals surface area contributed by atoms with Crippen molar-refractivity contribution in [2.75, 3.05) is 26.2 Å². The summed E-state index contributed by atoms with van der Waals surface area (Å²) in [5, 5.41) is 6.93. The van der Waals surface area contributed by atoms with Crippen LogP contribution in [0.4, 0.5) is 0 Å². The Labute approximate surface area is 76.1 Å². The van der Waals surface area contributed by atoms with E-state index in [1.165, 1.54) is 26.2 Å². The Hall–Kier alpha value is -0.0800. The SMILES string of the molecule is CC.CC12CNCC1(C)CNC2. The van der Waals surface area contributed by atoms with E-state index in [2.05, 4.69) is 24.5 Å². The first kappa shape index (κ1) is 10.0. The van der Waals surface area contributed by atoms with Gasteiger partial charge in [-0.2, -0.15) is 0 Å². The fraction of sp³-hybridized carbons (Fsp3) is 1.00. The Morgan fingerprint density at radius 1 is 0.750 bits per heavy atom. The third-order valence-electron chi connectivity index (χ3n) is 3.52. The molecule has 0 unspecified atom stereocenters. The standard InChI is InChI=1S/C8H16N2.C2H6/c1-7-3-9-5-8(7,2)6-10-4-7;1-2/h9-10H,3-6H2,1-2H3;1-2H3. The molecule has 2 heteroatoms. The van der Waals surface area contributed by atoms with Crippen LogP contribution in [0.25, 0.3) is 0 Å². The highest BCUT2D eigenvalue weighted by Gasteiger charge is 2.51. The number of nitrogens with one attached hydrogen (secondary N) is 2. The lowest BCUT2D eigenvalue weighted by molar-refractivity contribution is 0.212. The lowest BCUT2D eigenvalue weighted by Gasteiger charge is -2.31. The van der Waals surface area contributed by atoms with Crippen molar-refractivity contribution in [1.82, 2.24) is 10.6 Å². The monoisotopic (exact) mass is 170 g/mol. The molecule has 0 aliphatic carbocycles. The van der Waals surface area contributed by atoms with Gasteiger partial charge in [0.2, 0.25) is 0 Å². The largest absolute Gasteiger partial charge is 0.316 e. The summed E-state index contributed by atoms with van der Waals surface area (Å²) >= 11 is 0. The van der Waals surface area contributed by atoms with E-state index in [1.54, 1.807) is 0 Å². The summed E-state index contributed by atoms with van der Waals surface area (Å²) in [6.07, 6.45) is 0. The summed E-state index contributed by atoms with van der Waals surface area (Å²) in [4.78, 5) is 0. The lowest BCUT2D eigenvalue weighted by Crippen LogP contribution is -2.34. The molecule has 2 nitrogen and oxygen atoms in total. The summed E-state index contributed by atoms with van der Waals surface area (Å²) in [7, 11) is 0. The summed E-state index contributed by atoms with van der Waals surface area (Å²) in [6.45, 7) is 13.5. The summed E-state index contributed by atoms with van der Waals surface area (Å²) in [5.41, 5.74) is 1.04. The van der Waals surface area contributed by atoms with E-state index in [-0.39, 0.29) is 0 Å². The number of hydrogen-bond acceptors (Lipinski definition) is 2. The van der Waals surface area contributed by atoms with Crippen molar-refractivity contribution >= 4 is 0 Å². The third-order valence-corrected chi connectivity index (χ3v) is 3.52. The van der Waals surface area contributed by atoms with Gasteiger partial charge in [0.1, 0.15) is 0 Å². The first-order valence-corrected chi connectivity index (χ1v) is 5.08. The molecule has 0 aromatic rings. The van der Waals surface area contributed by atoms with Gasteiger partial charge in [-0.25, -0.2) is 0 Å². The van der Waals surface area contributed by atoms with E-state index in [0.29, 0.717) is 10.8 Å². The van der Waals surface area contributed by atoms with Crippen LogP contribution >= 0.6 is 0 Å². The van der Waals surface area contributed by atoms with Crippen LogP contribution in [0.2, 0.25) is 0 Å². The van der Waals surface area contributed by atoms with E-state index in [1.807, 2.05) is 13.8 Å². The second-order valence-corrected chi connectivity index (χ2v) is 4.33. The topological polar surface area (TPSA) is 24.1 Å². The highest BCUT2D eigenvalue weighted by Crippen LogP contribution is 2.44. The fourth-order valence-corrected chi connectivity index (χ4v) is 2.21. The Bertz CT molecular complexity index is 128. The minimum Gasteiger partial charge on any atom is -0.316 e. The normalized spacial score (nSPS) is 45.0. The van der Waals surface area contributed by atoms with Crippen molar-refractivity contribution in [3.63, 3.8) is 0 Å². The van der Waals surface area contributed by atoms with E-state index in [0.717, 1.165) is 0 Å². The zero-order chi connectivity index (χ0) is 9.24. The molecule has 0 amide bonds. The van der Waals surface area contributed by atoms with Gasteiger partial charge in [-0.05, 0) is 0 Å². The average Bonchev–Trinajstić information content (AvgIpc) is 2.45. The van der Waals surface area contributed by atoms with Gasteiger partial charge in [0.25, 0.3) is 0 Å². The molecule has 2 N–H and O–H groups in total. The van der Waals surface area contributed by atoms with Crippen molar-refractivity contribution < 1.29 is 0 Å². The molecule has 0 spiro atoms. The predicted molar refractivity (Wildman–Crippen MR) is 53.3 cm³/mol. The number of hydrogen-bond donors (Lipinski definition) is 2. The average molecular weight is 170 g/mol. The van der Waals surface area contributed by atoms with Crippen LogP contribution in [0, 0.1) is 10.8 Å². The molecular weight excluding hydrogens is 148 g/mol. The molecule has 72 valence electrons. The van der Waals surface area contributed by atoms with Crippen molar-refractivity contribution in [3.8, 4) is 0 Å². The predicted octanol–water partition coefficient (Wildman–Crippen LogP) is 1.23. The Morgan fingerprint density at radius 3 is 1.25 bits per heavy atom. The van der Waals surface area contributed by atoms with Gasteiger partial charge in [-0.1, -0.05) is 27.7 Å². The van der Waals surface area contributed by atoms with E-state index in [4.69, 9.17) is 0 Å². The second kappa shape index (κ2) is 3.35. The van der Waals surface area contributed by atoms with Crippen LogP contribution < -0.4 is 10.6 Å². The van der Waals surface area contributed by atoms with Crippen LogP contribution in [-0.4, -0.2) is 26.2 Å². The van der Waals surface area contributed by atoms with Crippen LogP contribution in [0.15, 0.2) is 0 Å². The Morgan fingerprint density at radius 2 is 1.00 bits per heavy atom. The minimum atomic E-state index is 0.521. The minimum absolute atomic E-state index is 0.521. The molecule has 0 atom stereocenters. The Kier molecular flexibility index (Phi) is 2.79. The first-order valence-electron chi connectivity index (χ1n) is 5.08. The quantitative estimate of drug-likeness (QED) is 0.571. The van der Waals surface area contributed by atoms with Gasteiger partial charge in [0, 0.05) is 37.0 Å². The van der Waals surface area contributed by atoms with E-state index >= 15 is 0 Å². The first-order chi connectivity index (χ1) is 5.66. The van der Waals surface area contributed by atoms with Crippen LogP contribution in [0.3, 0.4) is 0 Å². The lowest BCUT2D eigenvalue weighted by atomic mass is 9.71. The number of rotatable bonds is 0. The van der Waals surface area contributed by atoms with Crippen molar-refractivity contribution in [2.24, 2.45) is 10.8 Å². The fourth-order valence-electron chi connectivity index (χ4n) is 2.21. The highest BCUT2D eigenvalue weighted by atomic mass is 15.1. The van der Waals surface area contributed by atoms with Crippen molar-refractivity contribution in [3.05, 3.63) is 0 Å². The zero-order valence-corrected chi connectivity index (χ0v) is 8.83. The van der Waals surface area contributed by atoms with Crippen LogP contribution in [-0.2, 0) is 0 Å². The van der Waals surface area contributed by atoms with E-state index < -0.39 is 0 Å². The van der Waals surface area contributed by atoms with Crippen molar-refractivity contribution in [1.29, 1.82) is 0 Å². The maximum absolute atomic E-state index is 3.47. The molecule has 2 aliphatic heterocycles. The molecule has 2 saturated heterocycles. The molecule has 0 aromatic carbocycles. The highest BCUT2D eigenvalue weighted by molar-refractivity contribution is 5.07. The van der Waals surface area contributed by atoms with Crippen LogP contribution in [0.1, 0.15) is 27.7 Å². The Balaban J connectivity index is 0.000000336. The van der Waals surface area contributed by atoms with Gasteiger partial charge in [0.05, 0.1) is 0 Å². The summed E-state index contributed by atoms with van der Waals surface area (Å²) in [6, 6.07) is 0. The van der Waals surface area contributed by atoms with Gasteiger partial charge in [-0.15, -0.1) is 0 Å². The summed E-state index contributed by atoms with van der Waals surface area (Å²) in [5.74, 6) is 0. The molecular formula is C10H22N2. The zero-order valence-electron chi connectivity index (χ0n) is 8.83. The number of fused-ring (bicyclic) bond motifs is 1. The molecule has 0 aromatic heterocycles. The molecule has 2 rings (SSSR count). The van der Waals surface area contributed by atoms with Gasteiger partial charge in [0.15, 0.2) is 0 Å². The maximum atomic E-state index is 3.47. The molecule has 0 saturated carbocycles. The van der Waals surface area contributed by atoms with Crippen LogP contribution in [0.5, 0.6) is 0 Å². The molecule has 12 heavy (non-hydrogen) atoms.